The molecule has 0 spiro atoms. The quantitative estimate of drug-likeness (QED) is 0.741. The number of benzene rings is 1. The highest BCUT2D eigenvalue weighted by atomic mass is 32.1. The summed E-state index contributed by atoms with van der Waals surface area (Å²) in [7, 11) is 0. The number of anilines is 1. The molecule has 0 fully saturated rings. The minimum absolute atomic E-state index is 0.0286. The molecule has 23 heavy (non-hydrogen) atoms. The Morgan fingerprint density at radius 2 is 1.87 bits per heavy atom. The molecule has 0 aliphatic rings. The van der Waals surface area contributed by atoms with Gasteiger partial charge in [-0.1, -0.05) is 12.1 Å². The third-order valence-electron chi connectivity index (χ3n) is 3.06. The number of nitrogen functional groups attached to an aromatic ring is 1. The van der Waals surface area contributed by atoms with Gasteiger partial charge in [-0.25, -0.2) is 4.98 Å². The molecule has 1 heterocycles. The molecule has 1 aromatic carbocycles. The van der Waals surface area contributed by atoms with E-state index in [1.807, 2.05) is 12.1 Å². The number of aliphatic hydroxyl groups excluding tert-OH is 1. The van der Waals surface area contributed by atoms with Crippen molar-refractivity contribution in [3.63, 3.8) is 0 Å². The second-order valence-corrected chi connectivity index (χ2v) is 5.28. The van der Waals surface area contributed by atoms with Crippen molar-refractivity contribution in [2.24, 2.45) is 0 Å². The molecule has 0 aliphatic carbocycles. The van der Waals surface area contributed by atoms with E-state index >= 15 is 0 Å². The fourth-order valence-corrected chi connectivity index (χ4v) is 2.30. The number of aromatic nitrogens is 1. The third kappa shape index (κ3) is 3.54. The predicted octanol–water partition coefficient (Wildman–Crippen LogP) is 2.12. The molecular weight excluding hydrogens is 312 g/mol. The van der Waals surface area contributed by atoms with E-state index < -0.39 is 6.10 Å². The first-order chi connectivity index (χ1) is 11.0. The first-order valence-electron chi connectivity index (χ1n) is 6.71. The van der Waals surface area contributed by atoms with E-state index in [0.29, 0.717) is 16.9 Å². The van der Waals surface area contributed by atoms with E-state index in [4.69, 9.17) is 10.5 Å². The SMILES string of the molecule is CC(O)COc1ccc(-c2c(C#N)c(N)nc(S)c2C#N)cc1. The van der Waals surface area contributed by atoms with E-state index in [9.17, 15) is 15.6 Å². The van der Waals surface area contributed by atoms with Crippen LogP contribution in [0.25, 0.3) is 11.1 Å². The van der Waals surface area contributed by atoms with Gasteiger partial charge in [0.25, 0.3) is 0 Å². The van der Waals surface area contributed by atoms with E-state index in [1.165, 1.54) is 0 Å². The highest BCUT2D eigenvalue weighted by Crippen LogP contribution is 2.33. The average molecular weight is 326 g/mol. The second kappa shape index (κ2) is 7.01. The van der Waals surface area contributed by atoms with Crippen LogP contribution in [-0.4, -0.2) is 22.8 Å². The van der Waals surface area contributed by atoms with Gasteiger partial charge in [0.05, 0.1) is 11.7 Å². The van der Waals surface area contributed by atoms with E-state index in [1.54, 1.807) is 31.2 Å². The van der Waals surface area contributed by atoms with Crippen LogP contribution in [0.5, 0.6) is 5.75 Å². The molecule has 1 aromatic heterocycles. The highest BCUT2D eigenvalue weighted by Gasteiger charge is 2.18. The number of pyridine rings is 1. The minimum atomic E-state index is -0.572. The molecule has 7 heteroatoms. The summed E-state index contributed by atoms with van der Waals surface area (Å²) in [5, 5.41) is 28.0. The zero-order chi connectivity index (χ0) is 17.0. The van der Waals surface area contributed by atoms with Crippen molar-refractivity contribution in [1.82, 2.24) is 4.98 Å². The topological polar surface area (TPSA) is 116 Å². The molecule has 1 unspecified atom stereocenters. The maximum Gasteiger partial charge on any atom is 0.143 e. The number of nitrogens with two attached hydrogens (primary N) is 1. The smallest absolute Gasteiger partial charge is 0.143 e. The van der Waals surface area contributed by atoms with Gasteiger partial charge in [-0.2, -0.15) is 10.5 Å². The Labute approximate surface area is 139 Å². The van der Waals surface area contributed by atoms with Crippen molar-refractivity contribution in [3.8, 4) is 29.0 Å². The second-order valence-electron chi connectivity index (χ2n) is 4.85. The van der Waals surface area contributed by atoms with Crippen LogP contribution in [0.3, 0.4) is 0 Å². The summed E-state index contributed by atoms with van der Waals surface area (Å²) in [6.07, 6.45) is -0.572. The lowest BCUT2D eigenvalue weighted by Crippen LogP contribution is -2.12. The van der Waals surface area contributed by atoms with Gasteiger partial charge < -0.3 is 15.6 Å². The Morgan fingerprint density at radius 3 is 2.39 bits per heavy atom. The lowest BCUT2D eigenvalue weighted by Gasteiger charge is -2.12. The maximum absolute atomic E-state index is 9.33. The Bertz CT molecular complexity index is 767. The first kappa shape index (κ1) is 16.6. The van der Waals surface area contributed by atoms with Gasteiger partial charge in [-0.15, -0.1) is 12.6 Å². The van der Waals surface area contributed by atoms with Crippen molar-refractivity contribution in [2.45, 2.75) is 18.1 Å². The molecule has 1 atom stereocenters. The number of aliphatic hydroxyl groups is 1. The van der Waals surface area contributed by atoms with Gasteiger partial charge in [0.2, 0.25) is 0 Å². The lowest BCUT2D eigenvalue weighted by atomic mass is 9.97. The van der Waals surface area contributed by atoms with Crippen molar-refractivity contribution in [3.05, 3.63) is 35.4 Å². The number of nitriles is 2. The summed E-state index contributed by atoms with van der Waals surface area (Å²) >= 11 is 4.15. The van der Waals surface area contributed by atoms with Gasteiger partial charge in [-0.05, 0) is 24.6 Å². The van der Waals surface area contributed by atoms with Crippen molar-refractivity contribution < 1.29 is 9.84 Å². The first-order valence-corrected chi connectivity index (χ1v) is 7.16. The number of nitrogens with zero attached hydrogens (tertiary/aromatic N) is 3. The van der Waals surface area contributed by atoms with Crippen LogP contribution in [0.2, 0.25) is 0 Å². The number of ether oxygens (including phenoxy) is 1. The highest BCUT2D eigenvalue weighted by molar-refractivity contribution is 7.80. The Balaban J connectivity index is 2.50. The molecule has 0 saturated carbocycles. The minimum Gasteiger partial charge on any atom is -0.491 e. The zero-order valence-electron chi connectivity index (χ0n) is 12.3. The molecule has 3 N–H and O–H groups in total. The van der Waals surface area contributed by atoms with Gasteiger partial charge in [-0.3, -0.25) is 0 Å². The average Bonchev–Trinajstić information content (AvgIpc) is 2.53. The summed E-state index contributed by atoms with van der Waals surface area (Å²) < 4.78 is 5.39. The van der Waals surface area contributed by atoms with E-state index in [0.717, 1.165) is 0 Å². The molecule has 0 saturated heterocycles. The number of hydrogen-bond donors (Lipinski definition) is 3. The van der Waals surface area contributed by atoms with Gasteiger partial charge in [0.1, 0.15) is 40.9 Å². The molecule has 116 valence electrons. The molecule has 2 rings (SSSR count). The molecule has 0 radical (unpaired) electrons. The third-order valence-corrected chi connectivity index (χ3v) is 3.39. The molecule has 0 bridgehead atoms. The molecular formula is C16H14N4O2S. The summed E-state index contributed by atoms with van der Waals surface area (Å²) in [6, 6.07) is 10.8. The molecule has 6 nitrogen and oxygen atoms in total. The van der Waals surface area contributed by atoms with Crippen LogP contribution < -0.4 is 10.5 Å². The Hall–Kier alpha value is -2.74. The molecule has 0 amide bonds. The lowest BCUT2D eigenvalue weighted by molar-refractivity contribution is 0.123. The molecule has 2 aromatic rings. The normalized spacial score (nSPS) is 11.3. The monoisotopic (exact) mass is 326 g/mol. The van der Waals surface area contributed by atoms with Crippen LogP contribution in [0, 0.1) is 22.7 Å². The van der Waals surface area contributed by atoms with Crippen LogP contribution >= 0.6 is 12.6 Å². The summed E-state index contributed by atoms with van der Waals surface area (Å²) in [4.78, 5) is 3.91. The van der Waals surface area contributed by atoms with Crippen LogP contribution in [-0.2, 0) is 0 Å². The Morgan fingerprint density at radius 1 is 1.26 bits per heavy atom. The van der Waals surface area contributed by atoms with Gasteiger partial charge in [0.15, 0.2) is 0 Å². The van der Waals surface area contributed by atoms with Crippen molar-refractivity contribution in [1.29, 1.82) is 10.5 Å². The van der Waals surface area contributed by atoms with E-state index in [2.05, 4.69) is 17.6 Å². The van der Waals surface area contributed by atoms with Crippen LogP contribution in [0.4, 0.5) is 5.82 Å². The maximum atomic E-state index is 9.33. The fraction of sp³-hybridized carbons (Fsp3) is 0.188. The van der Waals surface area contributed by atoms with Crippen molar-refractivity contribution >= 4 is 18.4 Å². The molecule has 0 aliphatic heterocycles. The standard InChI is InChI=1S/C16H14N4O2S/c1-9(21)8-22-11-4-2-10(3-5-11)14-12(6-17)15(19)20-16(23)13(14)7-18/h2-5,9,21H,8H2,1H3,(H3,19,20,23). The van der Waals surface area contributed by atoms with Gasteiger partial charge >= 0.3 is 0 Å². The van der Waals surface area contributed by atoms with Crippen LogP contribution in [0.1, 0.15) is 18.1 Å². The predicted molar refractivity (Wildman–Crippen MR) is 87.9 cm³/mol. The Kier molecular flexibility index (Phi) is 5.07. The largest absolute Gasteiger partial charge is 0.491 e. The number of hydrogen-bond acceptors (Lipinski definition) is 7. The van der Waals surface area contributed by atoms with E-state index in [-0.39, 0.29) is 28.6 Å². The summed E-state index contributed by atoms with van der Waals surface area (Å²) in [6.45, 7) is 1.80. The summed E-state index contributed by atoms with van der Waals surface area (Å²) in [5.41, 5.74) is 7.12. The van der Waals surface area contributed by atoms with Crippen molar-refractivity contribution in [2.75, 3.05) is 12.3 Å². The fourth-order valence-electron chi connectivity index (χ4n) is 2.03. The number of thiol groups is 1. The van der Waals surface area contributed by atoms with Crippen LogP contribution in [0.15, 0.2) is 29.3 Å². The summed E-state index contributed by atoms with van der Waals surface area (Å²) in [5.74, 6) is 0.598. The van der Waals surface area contributed by atoms with Gasteiger partial charge in [0, 0.05) is 5.56 Å². The number of rotatable bonds is 4. The zero-order valence-corrected chi connectivity index (χ0v) is 13.2.